The number of fused-ring (bicyclic) bond motifs is 1. The number of anilines is 2. The van der Waals surface area contributed by atoms with Crippen molar-refractivity contribution in [2.75, 3.05) is 23.5 Å². The first-order valence-corrected chi connectivity index (χ1v) is 15.7. The van der Waals surface area contributed by atoms with Crippen molar-refractivity contribution in [3.05, 3.63) is 54.3 Å². The molecule has 1 N–H and O–H groups in total. The molecule has 11 heteroatoms. The summed E-state index contributed by atoms with van der Waals surface area (Å²) in [5.41, 5.74) is -0.569. The molecule has 1 heterocycles. The lowest BCUT2D eigenvalue weighted by atomic mass is 9.79. The Labute approximate surface area is 232 Å². The molecule has 214 valence electrons. The minimum Gasteiger partial charge on any atom is -0.478 e. The van der Waals surface area contributed by atoms with Crippen LogP contribution in [0.2, 0.25) is 0 Å². The standard InChI is InChI=1S/C28H34F3NO5S2/c1-4-6-13-27(14-7-5-2)18-32(21-10-8-20(9-11-21)28(29,30)31)22-16-24(38-3)23(37-15-12-26(33)34)17-25(22)39(35,36)19-27/h8-12,15-17H,4-7,13-14,18-19H2,1-3H3,(H,33,34)/b15-12+. The van der Waals surface area contributed by atoms with E-state index in [0.29, 0.717) is 35.7 Å². The Hall–Kier alpha value is -2.66. The van der Waals surface area contributed by atoms with E-state index in [4.69, 9.17) is 9.84 Å². The van der Waals surface area contributed by atoms with Gasteiger partial charge in [0.05, 0.1) is 39.1 Å². The molecule has 0 spiro atoms. The van der Waals surface area contributed by atoms with Crippen LogP contribution in [-0.4, -0.2) is 38.0 Å². The molecule has 0 saturated carbocycles. The second kappa shape index (κ2) is 12.7. The summed E-state index contributed by atoms with van der Waals surface area (Å²) < 4.78 is 73.4. The zero-order valence-electron chi connectivity index (χ0n) is 22.3. The van der Waals surface area contributed by atoms with Crippen molar-refractivity contribution in [3.8, 4) is 5.75 Å². The van der Waals surface area contributed by atoms with Crippen LogP contribution < -0.4 is 9.64 Å². The fourth-order valence-corrected chi connectivity index (χ4v) is 7.60. The van der Waals surface area contributed by atoms with E-state index in [2.05, 4.69) is 0 Å². The van der Waals surface area contributed by atoms with Crippen LogP contribution in [0, 0.1) is 5.41 Å². The molecule has 2 aromatic rings. The molecule has 0 unspecified atom stereocenters. The molecular formula is C28H34F3NO5S2. The predicted molar refractivity (Wildman–Crippen MR) is 148 cm³/mol. The maximum absolute atomic E-state index is 14.0. The lowest BCUT2D eigenvalue weighted by Crippen LogP contribution is -2.38. The van der Waals surface area contributed by atoms with Gasteiger partial charge in [0.15, 0.2) is 9.84 Å². The minimum atomic E-state index is -4.49. The molecule has 0 amide bonds. The van der Waals surface area contributed by atoms with Crippen molar-refractivity contribution in [2.45, 2.75) is 68.3 Å². The molecule has 0 atom stereocenters. The van der Waals surface area contributed by atoms with Gasteiger partial charge in [0.1, 0.15) is 5.75 Å². The highest BCUT2D eigenvalue weighted by atomic mass is 32.2. The number of unbranched alkanes of at least 4 members (excludes halogenated alkanes) is 2. The molecule has 3 rings (SSSR count). The number of carbonyl (C=O) groups is 1. The van der Waals surface area contributed by atoms with E-state index >= 15 is 0 Å². The van der Waals surface area contributed by atoms with E-state index in [0.717, 1.165) is 50.2 Å². The third kappa shape index (κ3) is 7.51. The summed E-state index contributed by atoms with van der Waals surface area (Å²) in [4.78, 5) is 13.3. The van der Waals surface area contributed by atoms with Crippen molar-refractivity contribution >= 4 is 38.9 Å². The highest BCUT2D eigenvalue weighted by molar-refractivity contribution is 7.98. The predicted octanol–water partition coefficient (Wildman–Crippen LogP) is 7.70. The SMILES string of the molecule is CCCCC1(CCCC)CN(c2ccc(C(F)(F)F)cc2)c2cc(SC)c(O/C=C/C(=O)O)cc2S(=O)(=O)C1. The Morgan fingerprint density at radius 2 is 1.74 bits per heavy atom. The van der Waals surface area contributed by atoms with E-state index in [9.17, 15) is 26.4 Å². The van der Waals surface area contributed by atoms with Crippen molar-refractivity contribution in [2.24, 2.45) is 5.41 Å². The van der Waals surface area contributed by atoms with Crippen molar-refractivity contribution in [1.29, 1.82) is 0 Å². The molecule has 6 nitrogen and oxygen atoms in total. The van der Waals surface area contributed by atoms with Gasteiger partial charge in [0, 0.05) is 23.7 Å². The Balaban J connectivity index is 2.26. The molecule has 0 bridgehead atoms. The molecule has 0 fully saturated rings. The molecular weight excluding hydrogens is 551 g/mol. The van der Waals surface area contributed by atoms with Crippen LogP contribution in [0.4, 0.5) is 24.5 Å². The molecule has 0 saturated heterocycles. The third-order valence-electron chi connectivity index (χ3n) is 6.89. The molecule has 0 radical (unpaired) electrons. The topological polar surface area (TPSA) is 83.9 Å². The number of thioether (sulfide) groups is 1. The van der Waals surface area contributed by atoms with Gasteiger partial charge in [-0.1, -0.05) is 39.5 Å². The van der Waals surface area contributed by atoms with Gasteiger partial charge in [0.25, 0.3) is 0 Å². The van der Waals surface area contributed by atoms with Gasteiger partial charge in [-0.25, -0.2) is 13.2 Å². The first kappa shape index (κ1) is 30.9. The van der Waals surface area contributed by atoms with E-state index in [1.54, 1.807) is 12.3 Å². The number of carboxylic acids is 1. The minimum absolute atomic E-state index is 0.00814. The second-order valence-electron chi connectivity index (χ2n) is 9.83. The highest BCUT2D eigenvalue weighted by Crippen LogP contribution is 2.48. The van der Waals surface area contributed by atoms with E-state index in [-0.39, 0.29) is 16.4 Å². The maximum atomic E-state index is 14.0. The Morgan fingerprint density at radius 1 is 1.13 bits per heavy atom. The summed E-state index contributed by atoms with van der Waals surface area (Å²) in [6.07, 6.45) is 3.79. The number of nitrogens with zero attached hydrogens (tertiary/aromatic N) is 1. The number of aliphatic carboxylic acids is 1. The quantitative estimate of drug-likeness (QED) is 0.164. The van der Waals surface area contributed by atoms with Crippen LogP contribution >= 0.6 is 11.8 Å². The number of rotatable bonds is 11. The number of ether oxygens (including phenoxy) is 1. The molecule has 1 aliphatic rings. The maximum Gasteiger partial charge on any atom is 0.416 e. The monoisotopic (exact) mass is 585 g/mol. The molecule has 0 aromatic heterocycles. The average molecular weight is 586 g/mol. The third-order valence-corrected chi connectivity index (χ3v) is 9.64. The van der Waals surface area contributed by atoms with Gasteiger partial charge < -0.3 is 14.7 Å². The van der Waals surface area contributed by atoms with Crippen molar-refractivity contribution in [1.82, 2.24) is 0 Å². The largest absolute Gasteiger partial charge is 0.478 e. The summed E-state index contributed by atoms with van der Waals surface area (Å²) in [6, 6.07) is 7.85. The zero-order valence-corrected chi connectivity index (χ0v) is 23.9. The number of carboxylic acid groups (broad SMARTS) is 1. The van der Waals surface area contributed by atoms with Gasteiger partial charge >= 0.3 is 12.1 Å². The number of hydrogen-bond donors (Lipinski definition) is 1. The van der Waals surface area contributed by atoms with Gasteiger partial charge in [-0.05, 0) is 49.4 Å². The lowest BCUT2D eigenvalue weighted by Gasteiger charge is -2.37. The molecule has 0 aliphatic carbocycles. The number of sulfone groups is 1. The number of benzene rings is 2. The molecule has 1 aliphatic heterocycles. The summed E-state index contributed by atoms with van der Waals surface area (Å²) in [7, 11) is -3.86. The Bertz CT molecular complexity index is 1280. The van der Waals surface area contributed by atoms with Gasteiger partial charge in [-0.3, -0.25) is 0 Å². The Morgan fingerprint density at radius 3 is 2.26 bits per heavy atom. The van der Waals surface area contributed by atoms with E-state index in [1.807, 2.05) is 18.7 Å². The van der Waals surface area contributed by atoms with Gasteiger partial charge in [0.2, 0.25) is 0 Å². The number of alkyl halides is 3. The van der Waals surface area contributed by atoms with E-state index < -0.39 is 33.0 Å². The summed E-state index contributed by atoms with van der Waals surface area (Å²) >= 11 is 1.29. The van der Waals surface area contributed by atoms with Crippen molar-refractivity contribution < 1.29 is 36.2 Å². The normalized spacial score (nSPS) is 16.6. The number of hydrogen-bond acceptors (Lipinski definition) is 6. The van der Waals surface area contributed by atoms with Gasteiger partial charge in [-0.15, -0.1) is 11.8 Å². The van der Waals surface area contributed by atoms with Crippen LogP contribution in [-0.2, 0) is 20.8 Å². The summed E-state index contributed by atoms with van der Waals surface area (Å²) in [5.74, 6) is -1.13. The van der Waals surface area contributed by atoms with Crippen LogP contribution in [0.15, 0.2) is 58.5 Å². The lowest BCUT2D eigenvalue weighted by molar-refractivity contribution is -0.137. The molecule has 2 aromatic carbocycles. The van der Waals surface area contributed by atoms with E-state index in [1.165, 1.54) is 30.0 Å². The summed E-state index contributed by atoms with van der Waals surface area (Å²) in [6.45, 7) is 4.41. The summed E-state index contributed by atoms with van der Waals surface area (Å²) in [5, 5.41) is 8.92. The van der Waals surface area contributed by atoms with Gasteiger partial charge in [-0.2, -0.15) is 13.2 Å². The van der Waals surface area contributed by atoms with Crippen LogP contribution in [0.5, 0.6) is 5.75 Å². The fraction of sp³-hybridized carbons (Fsp3) is 0.464. The fourth-order valence-electron chi connectivity index (χ4n) is 4.95. The van der Waals surface area contributed by atoms with Crippen LogP contribution in [0.25, 0.3) is 0 Å². The van der Waals surface area contributed by atoms with Crippen LogP contribution in [0.3, 0.4) is 0 Å². The van der Waals surface area contributed by atoms with Crippen molar-refractivity contribution in [3.63, 3.8) is 0 Å². The number of halogens is 3. The average Bonchev–Trinajstić information content (AvgIpc) is 2.97. The second-order valence-corrected chi connectivity index (χ2v) is 12.6. The molecule has 39 heavy (non-hydrogen) atoms. The Kier molecular flexibility index (Phi) is 10.0. The first-order valence-electron chi connectivity index (χ1n) is 12.8. The zero-order chi connectivity index (χ0) is 28.8. The smallest absolute Gasteiger partial charge is 0.416 e. The highest BCUT2D eigenvalue weighted by Gasteiger charge is 2.42. The first-order chi connectivity index (χ1) is 18.4. The van der Waals surface area contributed by atoms with Crippen LogP contribution in [0.1, 0.15) is 57.9 Å².